The second kappa shape index (κ2) is 7.36. The first-order valence-corrected chi connectivity index (χ1v) is 8.81. The summed E-state index contributed by atoms with van der Waals surface area (Å²) in [4.78, 5) is 0. The molecule has 0 spiro atoms. The fourth-order valence-electron chi connectivity index (χ4n) is 2.58. The van der Waals surface area contributed by atoms with Crippen LogP contribution in [0.5, 0.6) is 0 Å². The first kappa shape index (κ1) is 17.0. The van der Waals surface area contributed by atoms with Crippen molar-refractivity contribution in [2.45, 2.75) is 31.3 Å². The van der Waals surface area contributed by atoms with Crippen LogP contribution in [0.1, 0.15) is 22.8 Å². The summed E-state index contributed by atoms with van der Waals surface area (Å²) in [6.45, 7) is 8.21. The Balaban J connectivity index is 1.95. The van der Waals surface area contributed by atoms with Gasteiger partial charge >= 0.3 is 0 Å². The van der Waals surface area contributed by atoms with Crippen LogP contribution in [0.4, 0.5) is 0 Å². The number of allylic oxidation sites excluding steroid dienone is 1. The zero-order valence-electron chi connectivity index (χ0n) is 14.2. The summed E-state index contributed by atoms with van der Waals surface area (Å²) >= 11 is 1.54. The third-order valence-electron chi connectivity index (χ3n) is 3.82. The molecule has 2 aromatic heterocycles. The van der Waals surface area contributed by atoms with Crippen LogP contribution in [0.15, 0.2) is 48.1 Å². The minimum atomic E-state index is 0.577. The maximum Gasteiger partial charge on any atom is 0.191 e. The Hall–Kier alpha value is -2.85. The van der Waals surface area contributed by atoms with Crippen molar-refractivity contribution in [3.8, 4) is 11.8 Å². The average Bonchev–Trinajstić information content (AvgIpc) is 3.14. The van der Waals surface area contributed by atoms with E-state index in [-0.39, 0.29) is 0 Å². The summed E-state index contributed by atoms with van der Waals surface area (Å²) in [6.07, 6.45) is 1.82. The fourth-order valence-corrected chi connectivity index (χ4v) is 3.57. The Labute approximate surface area is 150 Å². The molecule has 0 bridgehead atoms. The predicted octanol–water partition coefficient (Wildman–Crippen LogP) is 3.43. The largest absolute Gasteiger partial charge is 0.302 e. The van der Waals surface area contributed by atoms with Gasteiger partial charge in [-0.25, -0.2) is 4.68 Å². The van der Waals surface area contributed by atoms with Gasteiger partial charge in [0.2, 0.25) is 0 Å². The molecule has 0 aliphatic heterocycles. The molecule has 3 aromatic rings. The van der Waals surface area contributed by atoms with Gasteiger partial charge in [0.1, 0.15) is 11.9 Å². The maximum absolute atomic E-state index is 9.54. The highest BCUT2D eigenvalue weighted by atomic mass is 32.2. The standard InChI is InChI=1S/C18H18N6S/c1-4-10-23-14(3)20-21-18(23)25-12-17-16(11-19)13(2)22-24(17)15-8-6-5-7-9-15/h4-9H,1,10,12H2,2-3H3. The van der Waals surface area contributed by atoms with E-state index >= 15 is 0 Å². The molecule has 0 N–H and O–H groups in total. The Morgan fingerprint density at radius 1 is 1.24 bits per heavy atom. The van der Waals surface area contributed by atoms with Crippen molar-refractivity contribution in [1.29, 1.82) is 5.26 Å². The van der Waals surface area contributed by atoms with Crippen LogP contribution < -0.4 is 0 Å². The first-order chi connectivity index (χ1) is 12.2. The minimum absolute atomic E-state index is 0.577. The van der Waals surface area contributed by atoms with Crippen LogP contribution >= 0.6 is 11.8 Å². The topological polar surface area (TPSA) is 72.3 Å². The molecule has 0 unspecified atom stereocenters. The van der Waals surface area contributed by atoms with Gasteiger partial charge in [0.25, 0.3) is 0 Å². The van der Waals surface area contributed by atoms with Gasteiger partial charge in [-0.2, -0.15) is 10.4 Å². The van der Waals surface area contributed by atoms with Gasteiger partial charge in [0.15, 0.2) is 5.16 Å². The second-order valence-corrected chi connectivity index (χ2v) is 6.43. The van der Waals surface area contributed by atoms with Gasteiger partial charge in [0.05, 0.1) is 22.6 Å². The molecule has 2 heterocycles. The minimum Gasteiger partial charge on any atom is -0.302 e. The number of nitrogens with zero attached hydrogens (tertiary/aromatic N) is 6. The van der Waals surface area contributed by atoms with Gasteiger partial charge in [-0.15, -0.1) is 16.8 Å². The first-order valence-electron chi connectivity index (χ1n) is 7.83. The van der Waals surface area contributed by atoms with Crippen LogP contribution in [-0.4, -0.2) is 24.5 Å². The van der Waals surface area contributed by atoms with Crippen molar-refractivity contribution in [1.82, 2.24) is 24.5 Å². The van der Waals surface area contributed by atoms with Crippen molar-refractivity contribution in [2.24, 2.45) is 0 Å². The summed E-state index contributed by atoms with van der Waals surface area (Å²) in [6, 6.07) is 12.1. The molecular formula is C18H18N6S. The van der Waals surface area contributed by atoms with Gasteiger partial charge in [-0.1, -0.05) is 36.0 Å². The van der Waals surface area contributed by atoms with Gasteiger partial charge in [0, 0.05) is 12.3 Å². The number of aromatic nitrogens is 5. The van der Waals surface area contributed by atoms with E-state index in [9.17, 15) is 5.26 Å². The number of nitriles is 1. The van der Waals surface area contributed by atoms with Crippen molar-refractivity contribution >= 4 is 11.8 Å². The number of hydrogen-bond donors (Lipinski definition) is 0. The quantitative estimate of drug-likeness (QED) is 0.503. The number of benzene rings is 1. The number of para-hydroxylation sites is 1. The van der Waals surface area contributed by atoms with E-state index in [4.69, 9.17) is 0 Å². The number of hydrogen-bond acceptors (Lipinski definition) is 5. The molecule has 0 amide bonds. The SMILES string of the molecule is C=CCn1c(C)nnc1SCc1c(C#N)c(C)nn1-c1ccccc1. The molecule has 0 fully saturated rings. The zero-order chi connectivity index (χ0) is 17.8. The van der Waals surface area contributed by atoms with Crippen LogP contribution in [0.25, 0.3) is 5.69 Å². The molecule has 3 rings (SSSR count). The van der Waals surface area contributed by atoms with E-state index in [1.165, 1.54) is 0 Å². The Morgan fingerprint density at radius 3 is 2.68 bits per heavy atom. The fraction of sp³-hybridized carbons (Fsp3) is 0.222. The predicted molar refractivity (Wildman–Crippen MR) is 97.5 cm³/mol. The third-order valence-corrected chi connectivity index (χ3v) is 4.80. The molecule has 1 aromatic carbocycles. The van der Waals surface area contributed by atoms with E-state index in [0.717, 1.165) is 28.1 Å². The molecule has 0 saturated heterocycles. The van der Waals surface area contributed by atoms with Gasteiger partial charge < -0.3 is 4.57 Å². The third kappa shape index (κ3) is 3.35. The highest BCUT2D eigenvalue weighted by Crippen LogP contribution is 2.27. The summed E-state index contributed by atoms with van der Waals surface area (Å²) in [5.74, 6) is 1.42. The number of aryl methyl sites for hydroxylation is 2. The molecule has 0 radical (unpaired) electrons. The highest BCUT2D eigenvalue weighted by molar-refractivity contribution is 7.98. The molecule has 25 heavy (non-hydrogen) atoms. The lowest BCUT2D eigenvalue weighted by Gasteiger charge is -2.08. The smallest absolute Gasteiger partial charge is 0.191 e. The van der Waals surface area contributed by atoms with Crippen LogP contribution in [0.2, 0.25) is 0 Å². The Kier molecular flexibility index (Phi) is 5.00. The van der Waals surface area contributed by atoms with Crippen molar-refractivity contribution in [2.75, 3.05) is 0 Å². The van der Waals surface area contributed by atoms with Crippen molar-refractivity contribution in [3.63, 3.8) is 0 Å². The Morgan fingerprint density at radius 2 is 2.00 bits per heavy atom. The lowest BCUT2D eigenvalue weighted by atomic mass is 10.2. The van der Waals surface area contributed by atoms with Crippen LogP contribution in [-0.2, 0) is 12.3 Å². The molecule has 0 aliphatic carbocycles. The number of rotatable bonds is 6. The lowest BCUT2D eigenvalue weighted by Crippen LogP contribution is -2.04. The molecule has 0 saturated carbocycles. The molecular weight excluding hydrogens is 332 g/mol. The molecule has 7 heteroatoms. The molecule has 0 aliphatic rings. The maximum atomic E-state index is 9.54. The zero-order valence-corrected chi connectivity index (χ0v) is 15.0. The molecule has 6 nitrogen and oxygen atoms in total. The van der Waals surface area contributed by atoms with E-state index in [2.05, 4.69) is 27.9 Å². The van der Waals surface area contributed by atoms with Crippen molar-refractivity contribution in [3.05, 3.63) is 65.8 Å². The monoisotopic (exact) mass is 350 g/mol. The number of thioether (sulfide) groups is 1. The normalized spacial score (nSPS) is 10.6. The van der Waals surface area contributed by atoms with Crippen LogP contribution in [0, 0.1) is 25.2 Å². The lowest BCUT2D eigenvalue weighted by molar-refractivity contribution is 0.703. The summed E-state index contributed by atoms with van der Waals surface area (Å²) < 4.78 is 3.84. The molecule has 0 atom stereocenters. The Bertz CT molecular complexity index is 933. The summed E-state index contributed by atoms with van der Waals surface area (Å²) in [7, 11) is 0. The second-order valence-electron chi connectivity index (χ2n) is 5.48. The van der Waals surface area contributed by atoms with Gasteiger partial charge in [-0.05, 0) is 26.0 Å². The average molecular weight is 350 g/mol. The highest BCUT2D eigenvalue weighted by Gasteiger charge is 2.18. The van der Waals surface area contributed by atoms with E-state index in [1.807, 2.05) is 59.5 Å². The van der Waals surface area contributed by atoms with Crippen molar-refractivity contribution < 1.29 is 0 Å². The van der Waals surface area contributed by atoms with E-state index in [1.54, 1.807) is 11.8 Å². The molecule has 126 valence electrons. The van der Waals surface area contributed by atoms with E-state index < -0.39 is 0 Å². The van der Waals surface area contributed by atoms with Crippen LogP contribution in [0.3, 0.4) is 0 Å². The van der Waals surface area contributed by atoms with Gasteiger partial charge in [-0.3, -0.25) is 0 Å². The van der Waals surface area contributed by atoms with E-state index in [0.29, 0.717) is 17.9 Å². The summed E-state index contributed by atoms with van der Waals surface area (Å²) in [5, 5.41) is 23.3. The summed E-state index contributed by atoms with van der Waals surface area (Å²) in [5.41, 5.74) is 3.14.